The third-order valence-corrected chi connectivity index (χ3v) is 19.3. The highest BCUT2D eigenvalue weighted by molar-refractivity contribution is 6.12. The zero-order valence-corrected chi connectivity index (χ0v) is 48.6. The lowest BCUT2D eigenvalue weighted by Crippen LogP contribution is -2.15. The topological polar surface area (TPSA) is 9.86 Å². The zero-order valence-electron chi connectivity index (χ0n) is 48.6. The van der Waals surface area contributed by atoms with Crippen LogP contribution in [0.5, 0.6) is 0 Å². The first-order valence-corrected chi connectivity index (χ1v) is 30.2. The van der Waals surface area contributed by atoms with E-state index >= 15 is 0 Å². The highest BCUT2D eigenvalue weighted by Gasteiger charge is 2.38. The minimum Gasteiger partial charge on any atom is -0.309 e. The molecule has 2 aromatic heterocycles. The molecule has 0 fully saturated rings. The van der Waals surface area contributed by atoms with Gasteiger partial charge in [0, 0.05) is 43.7 Å². The molecule has 2 aliphatic carbocycles. The Labute approximate surface area is 501 Å². The zero-order chi connectivity index (χ0) is 57.4. The molecule has 2 aliphatic rings. The van der Waals surface area contributed by atoms with E-state index in [0.29, 0.717) is 0 Å². The van der Waals surface area contributed by atoms with Crippen molar-refractivity contribution in [1.29, 1.82) is 0 Å². The van der Waals surface area contributed by atoms with Crippen molar-refractivity contribution in [2.45, 2.75) is 38.5 Å². The van der Waals surface area contributed by atoms with Crippen LogP contribution in [-0.4, -0.2) is 9.13 Å². The molecule has 0 amide bonds. The van der Waals surface area contributed by atoms with Gasteiger partial charge in [0.15, 0.2) is 0 Å². The van der Waals surface area contributed by atoms with Gasteiger partial charge in [0.05, 0.1) is 22.1 Å². The smallest absolute Gasteiger partial charge is 0.0541 e. The summed E-state index contributed by atoms with van der Waals surface area (Å²) in [5.41, 5.74) is 30.0. The van der Waals surface area contributed by atoms with E-state index in [1.165, 1.54) is 166 Å². The number of rotatable bonds is 8. The summed E-state index contributed by atoms with van der Waals surface area (Å²) in [6.07, 6.45) is 4.43. The molecule has 13 aromatic carbocycles. The number of para-hydroxylation sites is 3. The largest absolute Gasteiger partial charge is 0.309 e. The molecule has 0 atom stereocenters. The second-order valence-corrected chi connectivity index (χ2v) is 24.9. The molecular weight excluding hydrogens is 1040 g/mol. The van der Waals surface area contributed by atoms with Crippen LogP contribution in [0.4, 0.5) is 0 Å². The maximum Gasteiger partial charge on any atom is 0.0541 e. The monoisotopic (exact) mass is 1100 g/mol. The van der Waals surface area contributed by atoms with Gasteiger partial charge in [-0.05, 0) is 196 Å². The maximum atomic E-state index is 2.47. The quantitative estimate of drug-likeness (QED) is 0.134. The first kappa shape index (κ1) is 50.0. The molecule has 0 N–H and O–H groups in total. The molecule has 0 aliphatic heterocycles. The normalized spacial score (nSPS) is 13.7. The van der Waals surface area contributed by atoms with Gasteiger partial charge in [-0.2, -0.15) is 0 Å². The highest BCUT2D eigenvalue weighted by atomic mass is 15.0. The molecule has 2 heteroatoms. The summed E-state index contributed by atoms with van der Waals surface area (Å²) in [5, 5.41) is 7.56. The molecule has 0 unspecified atom stereocenters. The summed E-state index contributed by atoms with van der Waals surface area (Å²) in [5.74, 6) is 0. The maximum absolute atomic E-state index is 2.47. The summed E-state index contributed by atoms with van der Waals surface area (Å²) >= 11 is 0. The first-order valence-electron chi connectivity index (χ1n) is 30.2. The van der Waals surface area contributed by atoms with Crippen molar-refractivity contribution < 1.29 is 0 Å². The van der Waals surface area contributed by atoms with Crippen molar-refractivity contribution >= 4 is 66.5 Å². The Morgan fingerprint density at radius 3 is 1.07 bits per heavy atom. The lowest BCUT2D eigenvalue weighted by atomic mass is 9.79. The van der Waals surface area contributed by atoms with Gasteiger partial charge in [-0.15, -0.1) is 0 Å². The molecule has 0 bridgehead atoms. The average Bonchev–Trinajstić information content (AvgIpc) is 1.76. The molecule has 0 spiro atoms. The summed E-state index contributed by atoms with van der Waals surface area (Å²) in [6.45, 7) is 9.61. The van der Waals surface area contributed by atoms with Gasteiger partial charge in [0.25, 0.3) is 0 Å². The molecule has 2 nitrogen and oxygen atoms in total. The minimum atomic E-state index is -0.178. The van der Waals surface area contributed by atoms with Crippen molar-refractivity contribution in [3.05, 3.63) is 312 Å². The SMILES string of the molecule is CC1(C)c2cc(-c3ccc(C=Cc4ccc(-c5ccc6c(c5)c5ccccc5n6-c5ccccc5)cc4)cc3)ccc2-c2ccc(-c3ccc4c(c3)C(C)(C)c3cc(-c5ccc6c(c5)c5ccccc5n6-c5ccc6ccccc6c5)ccc3-4)cc21. The summed E-state index contributed by atoms with van der Waals surface area (Å²) < 4.78 is 4.79. The molecule has 406 valence electrons. The molecule has 17 rings (SSSR count). The molecule has 0 saturated carbocycles. The fourth-order valence-electron chi connectivity index (χ4n) is 14.7. The van der Waals surface area contributed by atoms with Crippen LogP contribution >= 0.6 is 0 Å². The predicted molar refractivity (Wildman–Crippen MR) is 365 cm³/mol. The van der Waals surface area contributed by atoms with Gasteiger partial charge >= 0.3 is 0 Å². The lowest BCUT2D eigenvalue weighted by molar-refractivity contribution is 0.660. The van der Waals surface area contributed by atoms with Crippen molar-refractivity contribution in [3.8, 4) is 78.1 Å². The predicted octanol–water partition coefficient (Wildman–Crippen LogP) is 22.5. The summed E-state index contributed by atoms with van der Waals surface area (Å²) in [7, 11) is 0. The van der Waals surface area contributed by atoms with Gasteiger partial charge in [0.2, 0.25) is 0 Å². The number of hydrogen-bond acceptors (Lipinski definition) is 0. The van der Waals surface area contributed by atoms with Gasteiger partial charge in [-0.3, -0.25) is 0 Å². The number of aromatic nitrogens is 2. The second-order valence-electron chi connectivity index (χ2n) is 24.9. The van der Waals surface area contributed by atoms with Gasteiger partial charge in [-0.25, -0.2) is 0 Å². The van der Waals surface area contributed by atoms with Crippen LogP contribution in [0.25, 0.3) is 145 Å². The lowest BCUT2D eigenvalue weighted by Gasteiger charge is -2.24. The summed E-state index contributed by atoms with van der Waals surface area (Å²) in [6, 6.07) is 104. The molecule has 0 saturated heterocycles. The van der Waals surface area contributed by atoms with Crippen LogP contribution < -0.4 is 0 Å². The van der Waals surface area contributed by atoms with Crippen molar-refractivity contribution in [3.63, 3.8) is 0 Å². The molecule has 2 heterocycles. The Morgan fingerprint density at radius 2 is 0.593 bits per heavy atom. The number of nitrogens with zero attached hydrogens (tertiary/aromatic N) is 2. The summed E-state index contributed by atoms with van der Waals surface area (Å²) in [4.78, 5) is 0. The third-order valence-electron chi connectivity index (χ3n) is 19.3. The van der Waals surface area contributed by atoms with Crippen LogP contribution in [0.2, 0.25) is 0 Å². The second kappa shape index (κ2) is 19.0. The van der Waals surface area contributed by atoms with E-state index in [0.717, 1.165) is 0 Å². The Bertz CT molecular complexity index is 5310. The minimum absolute atomic E-state index is 0.165. The van der Waals surface area contributed by atoms with E-state index < -0.39 is 0 Å². The van der Waals surface area contributed by atoms with Crippen molar-refractivity contribution in [2.24, 2.45) is 0 Å². The van der Waals surface area contributed by atoms with Crippen molar-refractivity contribution in [2.75, 3.05) is 0 Å². The van der Waals surface area contributed by atoms with Crippen LogP contribution in [0.15, 0.2) is 279 Å². The van der Waals surface area contributed by atoms with E-state index in [-0.39, 0.29) is 10.8 Å². The highest BCUT2D eigenvalue weighted by Crippen LogP contribution is 2.54. The molecule has 0 radical (unpaired) electrons. The Kier molecular flexibility index (Phi) is 11.0. The fourth-order valence-corrected chi connectivity index (χ4v) is 14.7. The van der Waals surface area contributed by atoms with Gasteiger partial charge < -0.3 is 9.13 Å². The van der Waals surface area contributed by atoms with Crippen LogP contribution in [0, 0.1) is 0 Å². The average molecular weight is 1100 g/mol. The Morgan fingerprint density at radius 1 is 0.244 bits per heavy atom. The van der Waals surface area contributed by atoms with Crippen LogP contribution in [-0.2, 0) is 10.8 Å². The van der Waals surface area contributed by atoms with E-state index in [2.05, 4.69) is 328 Å². The first-order chi connectivity index (χ1) is 42.1. The van der Waals surface area contributed by atoms with Crippen molar-refractivity contribution in [1.82, 2.24) is 9.13 Å². The number of hydrogen-bond donors (Lipinski definition) is 0. The third kappa shape index (κ3) is 7.79. The molecular formula is C84H60N2. The fraction of sp³-hybridized carbons (Fsp3) is 0.0714. The van der Waals surface area contributed by atoms with Crippen LogP contribution in [0.3, 0.4) is 0 Å². The van der Waals surface area contributed by atoms with E-state index in [1.807, 2.05) is 0 Å². The standard InChI is InChI=1S/C84H60N2/c1-83(2)75-49-61(57-30-26-54(27-31-57)23-22-53-24-28-56(29-25-53)59-37-44-81-73(47-59)71-18-10-12-20-79(71)85(81)65-16-6-5-7-17-65)33-40-67(75)69-42-35-63(51-77(69)83)64-36-43-70-68-41-34-62(50-76(68)84(3,4)78(70)52-64)60-38-45-82-74(48-60)72-19-11-13-21-80(72)86(82)66-39-32-55-14-8-9-15-58(55)46-66/h5-52H,1-4H3. The Hall–Kier alpha value is -10.5. The number of benzene rings is 13. The van der Waals surface area contributed by atoms with Gasteiger partial charge in [-0.1, -0.05) is 234 Å². The van der Waals surface area contributed by atoms with Gasteiger partial charge in [0.1, 0.15) is 0 Å². The number of fused-ring (bicyclic) bond motifs is 13. The van der Waals surface area contributed by atoms with E-state index in [9.17, 15) is 0 Å². The van der Waals surface area contributed by atoms with E-state index in [1.54, 1.807) is 0 Å². The van der Waals surface area contributed by atoms with E-state index in [4.69, 9.17) is 0 Å². The molecule has 86 heavy (non-hydrogen) atoms. The Balaban J connectivity index is 0.603. The van der Waals surface area contributed by atoms with Crippen LogP contribution in [0.1, 0.15) is 61.1 Å². The molecule has 15 aromatic rings.